The lowest BCUT2D eigenvalue weighted by Gasteiger charge is -2.33. The molecule has 1 atom stereocenters. The SMILES string of the molecule is CCC(NCC1(O)CCSCC1)c1ccc2c(c1)CCO2. The molecule has 3 rings (SSSR count). The standard InChI is InChI=1S/C17H25NO2S/c1-2-15(18-12-17(19)6-9-21-10-7-17)13-3-4-16-14(11-13)5-8-20-16/h3-4,11,15,18-19H,2,5-10,12H2,1H3. The smallest absolute Gasteiger partial charge is 0.122 e. The second-order valence-corrected chi connectivity index (χ2v) is 7.37. The average molecular weight is 307 g/mol. The predicted molar refractivity (Wildman–Crippen MR) is 88.2 cm³/mol. The molecule has 0 aliphatic carbocycles. The van der Waals surface area contributed by atoms with Gasteiger partial charge in [0.05, 0.1) is 12.2 Å². The van der Waals surface area contributed by atoms with Crippen molar-refractivity contribution in [3.63, 3.8) is 0 Å². The number of thioether (sulfide) groups is 1. The Labute approximate surface area is 131 Å². The van der Waals surface area contributed by atoms with Gasteiger partial charge in [0.25, 0.3) is 0 Å². The number of ether oxygens (including phenoxy) is 1. The maximum Gasteiger partial charge on any atom is 0.122 e. The number of rotatable bonds is 5. The van der Waals surface area contributed by atoms with Crippen LogP contribution in [0.1, 0.15) is 43.4 Å². The first-order chi connectivity index (χ1) is 10.2. The third-order valence-corrected chi connectivity index (χ3v) is 5.61. The fraction of sp³-hybridized carbons (Fsp3) is 0.647. The summed E-state index contributed by atoms with van der Waals surface area (Å²) in [6, 6.07) is 6.83. The molecule has 0 amide bonds. The van der Waals surface area contributed by atoms with Crippen LogP contribution in [0.15, 0.2) is 18.2 Å². The Bertz CT molecular complexity index is 486. The normalized spacial score (nSPS) is 21.6. The molecule has 2 aliphatic heterocycles. The minimum absolute atomic E-state index is 0.314. The Morgan fingerprint density at radius 2 is 2.19 bits per heavy atom. The van der Waals surface area contributed by atoms with Crippen molar-refractivity contribution in [3.05, 3.63) is 29.3 Å². The summed E-state index contributed by atoms with van der Waals surface area (Å²) in [5, 5.41) is 14.2. The molecule has 4 heteroatoms. The van der Waals surface area contributed by atoms with Gasteiger partial charge in [-0.25, -0.2) is 0 Å². The highest BCUT2D eigenvalue weighted by atomic mass is 32.2. The van der Waals surface area contributed by atoms with E-state index < -0.39 is 5.60 Å². The minimum Gasteiger partial charge on any atom is -0.493 e. The molecule has 21 heavy (non-hydrogen) atoms. The molecule has 0 aromatic heterocycles. The van der Waals surface area contributed by atoms with E-state index in [9.17, 15) is 5.11 Å². The van der Waals surface area contributed by atoms with Gasteiger partial charge in [-0.05, 0) is 48.0 Å². The monoisotopic (exact) mass is 307 g/mol. The van der Waals surface area contributed by atoms with Crippen LogP contribution < -0.4 is 10.1 Å². The summed E-state index contributed by atoms with van der Waals surface area (Å²) in [4.78, 5) is 0. The highest BCUT2D eigenvalue weighted by molar-refractivity contribution is 7.99. The quantitative estimate of drug-likeness (QED) is 0.877. The Balaban J connectivity index is 1.64. The van der Waals surface area contributed by atoms with E-state index in [1.54, 1.807) is 0 Å². The van der Waals surface area contributed by atoms with Gasteiger partial charge in [-0.2, -0.15) is 11.8 Å². The van der Waals surface area contributed by atoms with E-state index in [4.69, 9.17) is 4.74 Å². The maximum absolute atomic E-state index is 10.6. The molecule has 3 nitrogen and oxygen atoms in total. The third-order valence-electron chi connectivity index (χ3n) is 4.63. The molecule has 0 bridgehead atoms. The van der Waals surface area contributed by atoms with Gasteiger partial charge in [-0.3, -0.25) is 0 Å². The van der Waals surface area contributed by atoms with Gasteiger partial charge in [0.2, 0.25) is 0 Å². The number of hydrogen-bond donors (Lipinski definition) is 2. The van der Waals surface area contributed by atoms with Gasteiger partial charge < -0.3 is 15.2 Å². The van der Waals surface area contributed by atoms with Crippen molar-refractivity contribution in [2.75, 3.05) is 24.7 Å². The average Bonchev–Trinajstić information content (AvgIpc) is 2.96. The lowest BCUT2D eigenvalue weighted by Crippen LogP contribution is -2.44. The van der Waals surface area contributed by atoms with Gasteiger partial charge >= 0.3 is 0 Å². The largest absolute Gasteiger partial charge is 0.493 e. The van der Waals surface area contributed by atoms with Gasteiger partial charge in [-0.1, -0.05) is 19.1 Å². The van der Waals surface area contributed by atoms with E-state index >= 15 is 0 Å². The first-order valence-electron chi connectivity index (χ1n) is 7.99. The maximum atomic E-state index is 10.6. The van der Waals surface area contributed by atoms with Crippen LogP contribution in [-0.2, 0) is 6.42 Å². The van der Waals surface area contributed by atoms with E-state index in [1.165, 1.54) is 11.1 Å². The van der Waals surface area contributed by atoms with E-state index in [0.717, 1.165) is 49.5 Å². The van der Waals surface area contributed by atoms with Crippen LogP contribution in [0.2, 0.25) is 0 Å². The number of fused-ring (bicyclic) bond motifs is 1. The predicted octanol–water partition coefficient (Wildman–Crippen LogP) is 2.92. The summed E-state index contributed by atoms with van der Waals surface area (Å²) < 4.78 is 5.58. The Morgan fingerprint density at radius 1 is 1.38 bits per heavy atom. The summed E-state index contributed by atoms with van der Waals surface area (Å²) in [5.74, 6) is 3.19. The molecule has 1 aromatic carbocycles. The van der Waals surface area contributed by atoms with Crippen LogP contribution in [0, 0.1) is 0 Å². The van der Waals surface area contributed by atoms with Crippen molar-refractivity contribution in [2.45, 2.75) is 44.2 Å². The summed E-state index contributed by atoms with van der Waals surface area (Å²) in [7, 11) is 0. The zero-order chi connectivity index (χ0) is 14.7. The van der Waals surface area contributed by atoms with Crippen LogP contribution in [0.25, 0.3) is 0 Å². The van der Waals surface area contributed by atoms with Crippen LogP contribution in [0.5, 0.6) is 5.75 Å². The molecule has 0 spiro atoms. The first-order valence-corrected chi connectivity index (χ1v) is 9.15. The zero-order valence-electron chi connectivity index (χ0n) is 12.7. The van der Waals surface area contributed by atoms with Crippen molar-refractivity contribution < 1.29 is 9.84 Å². The molecule has 2 aliphatic rings. The second-order valence-electron chi connectivity index (χ2n) is 6.14. The molecule has 1 unspecified atom stereocenters. The van der Waals surface area contributed by atoms with Crippen molar-refractivity contribution in [1.29, 1.82) is 0 Å². The fourth-order valence-corrected chi connectivity index (χ4v) is 4.42. The summed E-state index contributed by atoms with van der Waals surface area (Å²) in [5.41, 5.74) is 2.12. The molecule has 1 saturated heterocycles. The zero-order valence-corrected chi connectivity index (χ0v) is 13.5. The van der Waals surface area contributed by atoms with Crippen molar-refractivity contribution in [1.82, 2.24) is 5.32 Å². The summed E-state index contributed by atoms with van der Waals surface area (Å²) in [6.07, 6.45) is 3.85. The molecule has 2 heterocycles. The van der Waals surface area contributed by atoms with Crippen LogP contribution in [0.4, 0.5) is 0 Å². The molecule has 2 N–H and O–H groups in total. The van der Waals surface area contributed by atoms with E-state index in [-0.39, 0.29) is 0 Å². The van der Waals surface area contributed by atoms with Crippen LogP contribution in [-0.4, -0.2) is 35.4 Å². The number of benzene rings is 1. The van der Waals surface area contributed by atoms with Gasteiger partial charge in [0, 0.05) is 19.0 Å². The third kappa shape index (κ3) is 3.55. The number of nitrogens with one attached hydrogen (secondary N) is 1. The van der Waals surface area contributed by atoms with Crippen molar-refractivity contribution in [3.8, 4) is 5.75 Å². The summed E-state index contributed by atoms with van der Waals surface area (Å²) >= 11 is 1.95. The highest BCUT2D eigenvalue weighted by Crippen LogP contribution is 2.30. The van der Waals surface area contributed by atoms with Crippen LogP contribution >= 0.6 is 11.8 Å². The molecular formula is C17H25NO2S. The lowest BCUT2D eigenvalue weighted by molar-refractivity contribution is 0.0294. The molecule has 1 aromatic rings. The molecular weight excluding hydrogens is 282 g/mol. The van der Waals surface area contributed by atoms with Crippen molar-refractivity contribution >= 4 is 11.8 Å². The van der Waals surface area contributed by atoms with Gasteiger partial charge in [0.1, 0.15) is 5.75 Å². The van der Waals surface area contributed by atoms with E-state index in [1.807, 2.05) is 11.8 Å². The molecule has 1 fully saturated rings. The van der Waals surface area contributed by atoms with Crippen molar-refractivity contribution in [2.24, 2.45) is 0 Å². The fourth-order valence-electron chi connectivity index (χ4n) is 3.16. The second kappa shape index (κ2) is 6.59. The number of aliphatic hydroxyl groups is 1. The topological polar surface area (TPSA) is 41.5 Å². The lowest BCUT2D eigenvalue weighted by atomic mass is 9.95. The first kappa shape index (κ1) is 15.2. The van der Waals surface area contributed by atoms with Crippen LogP contribution in [0.3, 0.4) is 0 Å². The molecule has 116 valence electrons. The molecule has 0 saturated carbocycles. The Hall–Kier alpha value is -0.710. The van der Waals surface area contributed by atoms with E-state index in [2.05, 4.69) is 30.4 Å². The Kier molecular flexibility index (Phi) is 4.77. The highest BCUT2D eigenvalue weighted by Gasteiger charge is 2.30. The van der Waals surface area contributed by atoms with E-state index in [0.29, 0.717) is 12.6 Å². The minimum atomic E-state index is -0.515. The Morgan fingerprint density at radius 3 is 2.95 bits per heavy atom. The van der Waals surface area contributed by atoms with Gasteiger partial charge in [-0.15, -0.1) is 0 Å². The number of hydrogen-bond acceptors (Lipinski definition) is 4. The summed E-state index contributed by atoms with van der Waals surface area (Å²) in [6.45, 7) is 3.70. The molecule has 0 radical (unpaired) electrons. The van der Waals surface area contributed by atoms with Gasteiger partial charge in [0.15, 0.2) is 0 Å².